The highest BCUT2D eigenvalue weighted by molar-refractivity contribution is 7.18. The van der Waals surface area contributed by atoms with Gasteiger partial charge in [0, 0.05) is 26.2 Å². The number of para-hydroxylation sites is 1. The molecule has 2 heterocycles. The van der Waals surface area contributed by atoms with E-state index in [1.54, 1.807) is 25.6 Å². The van der Waals surface area contributed by atoms with Gasteiger partial charge in [0.05, 0.1) is 30.5 Å². The zero-order chi connectivity index (χ0) is 23.3. The van der Waals surface area contributed by atoms with E-state index in [9.17, 15) is 0 Å². The van der Waals surface area contributed by atoms with Gasteiger partial charge in [0.25, 0.3) is 0 Å². The predicted molar refractivity (Wildman–Crippen MR) is 136 cm³/mol. The van der Waals surface area contributed by atoms with Gasteiger partial charge in [-0.1, -0.05) is 42.5 Å². The smallest absolute Gasteiger partial charge is 0.203 e. The topological polar surface area (TPSA) is 55.9 Å². The molecule has 1 saturated heterocycles. The highest BCUT2D eigenvalue weighted by Crippen LogP contribution is 2.44. The molecule has 1 N–H and O–H groups in total. The van der Waals surface area contributed by atoms with Crippen LogP contribution in [0.15, 0.2) is 66.7 Å². The third-order valence-corrected chi connectivity index (χ3v) is 7.17. The second kappa shape index (κ2) is 10.4. The minimum Gasteiger partial charge on any atom is -0.493 e. The summed E-state index contributed by atoms with van der Waals surface area (Å²) in [5.74, 6) is 1.93. The quantitative estimate of drug-likeness (QED) is 0.392. The number of nitrogens with one attached hydrogen (secondary N) is 1. The van der Waals surface area contributed by atoms with E-state index in [2.05, 4.69) is 40.5 Å². The number of nitrogens with zero attached hydrogens (tertiary/aromatic N) is 2. The first kappa shape index (κ1) is 22.7. The Kier molecular flexibility index (Phi) is 6.94. The molecule has 1 fully saturated rings. The molecular weight excluding hydrogens is 446 g/mol. The molecule has 0 radical (unpaired) electrons. The number of thiazole rings is 1. The Morgan fingerprint density at radius 2 is 1.62 bits per heavy atom. The lowest BCUT2D eigenvalue weighted by molar-refractivity contribution is 0.197. The van der Waals surface area contributed by atoms with Crippen LogP contribution in [0, 0.1) is 0 Å². The largest absolute Gasteiger partial charge is 0.493 e. The zero-order valence-corrected chi connectivity index (χ0v) is 20.3. The van der Waals surface area contributed by atoms with Gasteiger partial charge in [0.2, 0.25) is 5.75 Å². The number of hydrogen-bond donors (Lipinski definition) is 1. The molecule has 6 nitrogen and oxygen atoms in total. The number of aromatic nitrogens is 1. The number of ether oxygens (including phenoxy) is 3. The second-order valence-electron chi connectivity index (χ2n) is 8.24. The maximum absolute atomic E-state index is 6.18. The lowest BCUT2D eigenvalue weighted by Crippen LogP contribution is -2.45. The SMILES string of the molecule is COc1cc(C(c2nc3ccccc3s2)N2CCNCC2)cc(OC)c1OCc1ccccc1. The zero-order valence-electron chi connectivity index (χ0n) is 19.5. The monoisotopic (exact) mass is 475 g/mol. The van der Waals surface area contributed by atoms with E-state index in [-0.39, 0.29) is 6.04 Å². The second-order valence-corrected chi connectivity index (χ2v) is 9.30. The first-order chi connectivity index (χ1) is 16.8. The molecule has 0 aliphatic carbocycles. The summed E-state index contributed by atoms with van der Waals surface area (Å²) in [6.45, 7) is 4.23. The van der Waals surface area contributed by atoms with Crippen molar-refractivity contribution in [3.63, 3.8) is 0 Å². The van der Waals surface area contributed by atoms with Crippen molar-refractivity contribution in [2.75, 3.05) is 40.4 Å². The van der Waals surface area contributed by atoms with Gasteiger partial charge < -0.3 is 19.5 Å². The van der Waals surface area contributed by atoms with Crippen molar-refractivity contribution in [1.82, 2.24) is 15.2 Å². The van der Waals surface area contributed by atoms with Crippen LogP contribution in [0.25, 0.3) is 10.2 Å². The van der Waals surface area contributed by atoms with E-state index in [1.165, 1.54) is 4.70 Å². The van der Waals surface area contributed by atoms with Gasteiger partial charge in [0.1, 0.15) is 11.6 Å². The van der Waals surface area contributed by atoms with Crippen LogP contribution in [0.5, 0.6) is 17.2 Å². The van der Waals surface area contributed by atoms with E-state index in [0.717, 1.165) is 47.8 Å². The van der Waals surface area contributed by atoms with Crippen LogP contribution in [0.3, 0.4) is 0 Å². The molecule has 1 aromatic heterocycles. The fourth-order valence-electron chi connectivity index (χ4n) is 4.39. The van der Waals surface area contributed by atoms with Crippen LogP contribution >= 0.6 is 11.3 Å². The van der Waals surface area contributed by atoms with Crippen molar-refractivity contribution in [3.05, 3.63) is 82.9 Å². The van der Waals surface area contributed by atoms with Crippen molar-refractivity contribution in [2.24, 2.45) is 0 Å². The minimum absolute atomic E-state index is 0.00507. The molecule has 0 spiro atoms. The number of benzene rings is 3. The molecule has 0 saturated carbocycles. The van der Waals surface area contributed by atoms with Gasteiger partial charge in [-0.15, -0.1) is 11.3 Å². The van der Waals surface area contributed by atoms with Gasteiger partial charge >= 0.3 is 0 Å². The van der Waals surface area contributed by atoms with Crippen molar-refractivity contribution in [1.29, 1.82) is 0 Å². The van der Waals surface area contributed by atoms with E-state index < -0.39 is 0 Å². The average Bonchev–Trinajstić information content (AvgIpc) is 3.32. The van der Waals surface area contributed by atoms with Crippen LogP contribution in [-0.2, 0) is 6.61 Å². The third kappa shape index (κ3) is 4.73. The molecular formula is C27H29N3O3S. The summed E-state index contributed by atoms with van der Waals surface area (Å²) in [6.07, 6.45) is 0. The summed E-state index contributed by atoms with van der Waals surface area (Å²) in [5.41, 5.74) is 3.20. The van der Waals surface area contributed by atoms with Crippen LogP contribution in [0.4, 0.5) is 0 Å². The van der Waals surface area contributed by atoms with Gasteiger partial charge in [-0.05, 0) is 35.4 Å². The summed E-state index contributed by atoms with van der Waals surface area (Å²) in [7, 11) is 3.34. The Morgan fingerprint density at radius 3 is 2.29 bits per heavy atom. The van der Waals surface area contributed by atoms with Crippen molar-refractivity contribution in [2.45, 2.75) is 12.6 Å². The molecule has 3 aromatic carbocycles. The minimum atomic E-state index is 0.00507. The maximum Gasteiger partial charge on any atom is 0.203 e. The van der Waals surface area contributed by atoms with Crippen LogP contribution in [0.2, 0.25) is 0 Å². The lowest BCUT2D eigenvalue weighted by atomic mass is 10.0. The van der Waals surface area contributed by atoms with E-state index >= 15 is 0 Å². The molecule has 34 heavy (non-hydrogen) atoms. The number of piperazine rings is 1. The summed E-state index contributed by atoms with van der Waals surface area (Å²) in [6, 6.07) is 22.6. The Bertz CT molecular complexity index is 1180. The highest BCUT2D eigenvalue weighted by atomic mass is 32.1. The molecule has 1 aliphatic rings. The van der Waals surface area contributed by atoms with E-state index in [4.69, 9.17) is 19.2 Å². The van der Waals surface area contributed by atoms with Gasteiger partial charge in [0.15, 0.2) is 11.5 Å². The van der Waals surface area contributed by atoms with Gasteiger partial charge in [-0.25, -0.2) is 4.98 Å². The molecule has 5 rings (SSSR count). The molecule has 1 aliphatic heterocycles. The Morgan fingerprint density at radius 1 is 0.941 bits per heavy atom. The Balaban J connectivity index is 1.55. The fourth-order valence-corrected chi connectivity index (χ4v) is 5.52. The van der Waals surface area contributed by atoms with Crippen molar-refractivity contribution in [3.8, 4) is 17.2 Å². The third-order valence-electron chi connectivity index (χ3n) is 6.09. The normalized spacial score (nSPS) is 15.2. The molecule has 7 heteroatoms. The standard InChI is InChI=1S/C27H29N3O3S/c1-31-22-16-20(17-23(32-2)26(22)33-18-19-8-4-3-5-9-19)25(30-14-12-28-13-15-30)27-29-21-10-6-7-11-24(21)34-27/h3-11,16-17,25,28H,12-15,18H2,1-2H3. The Labute approximate surface area is 204 Å². The number of rotatable bonds is 8. The van der Waals surface area contributed by atoms with Crippen LogP contribution in [0.1, 0.15) is 22.2 Å². The highest BCUT2D eigenvalue weighted by Gasteiger charge is 2.29. The molecule has 176 valence electrons. The summed E-state index contributed by atoms with van der Waals surface area (Å²) in [4.78, 5) is 7.50. The summed E-state index contributed by atoms with van der Waals surface area (Å²) in [5, 5.41) is 4.53. The summed E-state index contributed by atoms with van der Waals surface area (Å²) < 4.78 is 19.0. The molecule has 1 atom stereocenters. The number of methoxy groups -OCH3 is 2. The van der Waals surface area contributed by atoms with E-state index in [1.807, 2.05) is 36.4 Å². The first-order valence-electron chi connectivity index (χ1n) is 11.5. The lowest BCUT2D eigenvalue weighted by Gasteiger charge is -2.34. The number of fused-ring (bicyclic) bond motifs is 1. The predicted octanol–water partition coefficient (Wildman–Crippen LogP) is 4.89. The number of hydrogen-bond acceptors (Lipinski definition) is 7. The van der Waals surface area contributed by atoms with Crippen molar-refractivity contribution >= 4 is 21.6 Å². The van der Waals surface area contributed by atoms with Gasteiger partial charge in [-0.3, -0.25) is 4.90 Å². The van der Waals surface area contributed by atoms with Gasteiger partial charge in [-0.2, -0.15) is 0 Å². The van der Waals surface area contributed by atoms with Crippen LogP contribution in [-0.4, -0.2) is 50.3 Å². The molecule has 0 bridgehead atoms. The molecule has 0 amide bonds. The average molecular weight is 476 g/mol. The Hall–Kier alpha value is -3.13. The van der Waals surface area contributed by atoms with E-state index in [0.29, 0.717) is 23.9 Å². The van der Waals surface area contributed by atoms with Crippen LogP contribution < -0.4 is 19.5 Å². The summed E-state index contributed by atoms with van der Waals surface area (Å²) >= 11 is 1.75. The molecule has 4 aromatic rings. The van der Waals surface area contributed by atoms with Crippen molar-refractivity contribution < 1.29 is 14.2 Å². The fraction of sp³-hybridized carbons (Fsp3) is 0.296. The first-order valence-corrected chi connectivity index (χ1v) is 12.3. The molecule has 1 unspecified atom stereocenters. The maximum atomic E-state index is 6.18.